The van der Waals surface area contributed by atoms with Gasteiger partial charge in [-0.2, -0.15) is 5.10 Å². The maximum atomic E-state index is 12.1. The van der Waals surface area contributed by atoms with Crippen LogP contribution in [0.2, 0.25) is 0 Å². The number of amides is 1. The molecule has 2 atom stereocenters. The molecule has 1 aromatic carbocycles. The summed E-state index contributed by atoms with van der Waals surface area (Å²) in [7, 11) is 0. The first kappa shape index (κ1) is 14.3. The molecule has 2 aromatic rings. The zero-order chi connectivity index (χ0) is 15.5. The maximum Gasteiger partial charge on any atom is 0.320 e. The number of hydrogen-bond acceptors (Lipinski definition) is 4. The maximum absolute atomic E-state index is 12.1. The number of hydrogen-bond donors (Lipinski definition) is 3. The quantitative estimate of drug-likeness (QED) is 0.783. The monoisotopic (exact) mass is 300 g/mol. The van der Waals surface area contributed by atoms with Crippen LogP contribution >= 0.6 is 0 Å². The normalized spacial score (nSPS) is 20.7. The molecule has 0 aliphatic carbocycles. The van der Waals surface area contributed by atoms with E-state index >= 15 is 0 Å². The van der Waals surface area contributed by atoms with Gasteiger partial charge in [0.1, 0.15) is 6.04 Å². The van der Waals surface area contributed by atoms with Crippen molar-refractivity contribution >= 4 is 17.6 Å². The molecule has 1 fully saturated rings. The first-order chi connectivity index (χ1) is 10.6. The van der Waals surface area contributed by atoms with Crippen LogP contribution in [0, 0.1) is 0 Å². The number of aromatic nitrogens is 2. The molecule has 3 N–H and O–H groups in total. The first-order valence-corrected chi connectivity index (χ1v) is 7.03. The highest BCUT2D eigenvalue weighted by Gasteiger charge is 2.33. The van der Waals surface area contributed by atoms with Gasteiger partial charge in [0, 0.05) is 0 Å². The number of carbonyl (C=O) groups excluding carboxylic acids is 1. The van der Waals surface area contributed by atoms with Gasteiger partial charge in [-0.15, -0.1) is 0 Å². The van der Waals surface area contributed by atoms with Crippen molar-refractivity contribution in [3.05, 3.63) is 42.7 Å². The summed E-state index contributed by atoms with van der Waals surface area (Å²) < 4.78 is 1.66. The molecule has 7 nitrogen and oxygen atoms in total. The van der Waals surface area contributed by atoms with Crippen molar-refractivity contribution in [3.63, 3.8) is 0 Å². The number of nitrogens with zero attached hydrogens (tertiary/aromatic N) is 2. The summed E-state index contributed by atoms with van der Waals surface area (Å²) in [4.78, 5) is 23.0. The second-order valence-corrected chi connectivity index (χ2v) is 5.19. The van der Waals surface area contributed by atoms with Crippen LogP contribution in [0.1, 0.15) is 12.8 Å². The second-order valence-electron chi connectivity index (χ2n) is 5.19. The van der Waals surface area contributed by atoms with Gasteiger partial charge in [0.15, 0.2) is 0 Å². The van der Waals surface area contributed by atoms with Crippen molar-refractivity contribution in [1.82, 2.24) is 15.1 Å². The number of carboxylic acids is 1. The fourth-order valence-electron chi connectivity index (χ4n) is 2.48. The van der Waals surface area contributed by atoms with Crippen molar-refractivity contribution in [2.75, 3.05) is 5.32 Å². The first-order valence-electron chi connectivity index (χ1n) is 7.03. The number of aliphatic carboxylic acids is 1. The Morgan fingerprint density at radius 1 is 1.23 bits per heavy atom. The lowest BCUT2D eigenvalue weighted by Gasteiger charge is -2.11. The summed E-state index contributed by atoms with van der Waals surface area (Å²) in [6.45, 7) is 0. The Labute approximate surface area is 126 Å². The van der Waals surface area contributed by atoms with E-state index in [1.54, 1.807) is 17.1 Å². The molecular weight excluding hydrogens is 284 g/mol. The minimum absolute atomic E-state index is 0.239. The molecule has 2 heterocycles. The van der Waals surface area contributed by atoms with E-state index in [9.17, 15) is 9.59 Å². The third-order valence-corrected chi connectivity index (χ3v) is 3.63. The summed E-state index contributed by atoms with van der Waals surface area (Å²) in [5.41, 5.74) is 1.47. The van der Waals surface area contributed by atoms with E-state index < -0.39 is 18.1 Å². The van der Waals surface area contributed by atoms with Gasteiger partial charge in [-0.3, -0.25) is 14.9 Å². The van der Waals surface area contributed by atoms with Crippen molar-refractivity contribution in [2.24, 2.45) is 0 Å². The number of anilines is 1. The van der Waals surface area contributed by atoms with Crippen LogP contribution in [0.5, 0.6) is 0 Å². The Morgan fingerprint density at radius 3 is 2.64 bits per heavy atom. The van der Waals surface area contributed by atoms with Crippen LogP contribution in [-0.2, 0) is 9.59 Å². The lowest BCUT2D eigenvalue weighted by molar-refractivity contribution is -0.139. The molecule has 1 saturated heterocycles. The smallest absolute Gasteiger partial charge is 0.320 e. The average Bonchev–Trinajstić information content (AvgIpc) is 3.17. The van der Waals surface area contributed by atoms with Crippen LogP contribution < -0.4 is 10.6 Å². The minimum Gasteiger partial charge on any atom is -0.480 e. The molecule has 0 saturated carbocycles. The van der Waals surface area contributed by atoms with Crippen LogP contribution in [0.4, 0.5) is 5.69 Å². The molecule has 0 bridgehead atoms. The van der Waals surface area contributed by atoms with Gasteiger partial charge >= 0.3 is 5.97 Å². The SMILES string of the molecule is O=C(O)[C@@H]1CC[C@H](C(=O)Nc2cnn(-c3ccccc3)c2)N1. The highest BCUT2D eigenvalue weighted by atomic mass is 16.4. The summed E-state index contributed by atoms with van der Waals surface area (Å²) in [6.07, 6.45) is 4.25. The molecule has 114 valence electrons. The van der Waals surface area contributed by atoms with E-state index in [2.05, 4.69) is 15.7 Å². The molecule has 1 aromatic heterocycles. The van der Waals surface area contributed by atoms with Gasteiger partial charge in [-0.1, -0.05) is 18.2 Å². The topological polar surface area (TPSA) is 96.2 Å². The lowest BCUT2D eigenvalue weighted by Crippen LogP contribution is -2.41. The van der Waals surface area contributed by atoms with Gasteiger partial charge < -0.3 is 10.4 Å². The Kier molecular flexibility index (Phi) is 3.88. The van der Waals surface area contributed by atoms with E-state index in [4.69, 9.17) is 5.11 Å². The van der Waals surface area contributed by atoms with E-state index in [1.165, 1.54) is 0 Å². The molecule has 1 amide bonds. The Morgan fingerprint density at radius 2 is 1.95 bits per heavy atom. The predicted octanol–water partition coefficient (Wildman–Crippen LogP) is 1.02. The van der Waals surface area contributed by atoms with E-state index in [1.807, 2.05) is 30.3 Å². The third-order valence-electron chi connectivity index (χ3n) is 3.63. The number of carboxylic acid groups (broad SMARTS) is 1. The van der Waals surface area contributed by atoms with Crippen LogP contribution in [-0.4, -0.2) is 38.8 Å². The molecule has 7 heteroatoms. The van der Waals surface area contributed by atoms with E-state index in [0.717, 1.165) is 5.69 Å². The number of nitrogens with one attached hydrogen (secondary N) is 2. The zero-order valence-corrected chi connectivity index (χ0v) is 11.8. The van der Waals surface area contributed by atoms with Crippen LogP contribution in [0.3, 0.4) is 0 Å². The van der Waals surface area contributed by atoms with Crippen LogP contribution in [0.15, 0.2) is 42.7 Å². The van der Waals surface area contributed by atoms with Crippen molar-refractivity contribution in [1.29, 1.82) is 0 Å². The van der Waals surface area contributed by atoms with Crippen molar-refractivity contribution in [3.8, 4) is 5.69 Å². The minimum atomic E-state index is -0.924. The predicted molar refractivity (Wildman–Crippen MR) is 79.8 cm³/mol. The van der Waals surface area contributed by atoms with Crippen molar-refractivity contribution in [2.45, 2.75) is 24.9 Å². The number of rotatable bonds is 4. The summed E-state index contributed by atoms with van der Waals surface area (Å²) in [6, 6.07) is 8.42. The molecule has 0 unspecified atom stereocenters. The third kappa shape index (κ3) is 2.99. The summed E-state index contributed by atoms with van der Waals surface area (Å²) in [5.74, 6) is -1.16. The molecule has 0 spiro atoms. The molecular formula is C15H16N4O3. The second kappa shape index (κ2) is 5.98. The Bertz CT molecular complexity index is 683. The fraction of sp³-hybridized carbons (Fsp3) is 0.267. The Hall–Kier alpha value is -2.67. The van der Waals surface area contributed by atoms with Gasteiger partial charge in [0.05, 0.1) is 29.8 Å². The number of para-hydroxylation sites is 1. The average molecular weight is 300 g/mol. The highest BCUT2D eigenvalue weighted by Crippen LogP contribution is 2.16. The van der Waals surface area contributed by atoms with Gasteiger partial charge in [0.25, 0.3) is 0 Å². The number of benzene rings is 1. The largest absolute Gasteiger partial charge is 0.480 e. The fourth-order valence-corrected chi connectivity index (χ4v) is 2.48. The summed E-state index contributed by atoms with van der Waals surface area (Å²) >= 11 is 0. The van der Waals surface area contributed by atoms with Crippen molar-refractivity contribution < 1.29 is 14.7 Å². The van der Waals surface area contributed by atoms with E-state index in [0.29, 0.717) is 18.5 Å². The van der Waals surface area contributed by atoms with Gasteiger partial charge in [0.2, 0.25) is 5.91 Å². The standard InChI is InChI=1S/C15H16N4O3/c20-14(12-6-7-13(18-12)15(21)22)17-10-8-16-19(9-10)11-4-2-1-3-5-11/h1-5,8-9,12-13,18H,6-7H2,(H,17,20)(H,21,22)/t12-,13+/m1/s1. The zero-order valence-electron chi connectivity index (χ0n) is 11.8. The van der Waals surface area contributed by atoms with Crippen LogP contribution in [0.25, 0.3) is 5.69 Å². The lowest BCUT2D eigenvalue weighted by atomic mass is 10.2. The summed E-state index contributed by atoms with van der Waals surface area (Å²) in [5, 5.41) is 18.7. The highest BCUT2D eigenvalue weighted by molar-refractivity contribution is 5.95. The molecule has 1 aliphatic rings. The van der Waals surface area contributed by atoms with Gasteiger partial charge in [-0.05, 0) is 25.0 Å². The molecule has 1 aliphatic heterocycles. The number of carbonyl (C=O) groups is 2. The molecule has 3 rings (SSSR count). The van der Waals surface area contributed by atoms with Gasteiger partial charge in [-0.25, -0.2) is 4.68 Å². The van der Waals surface area contributed by atoms with E-state index in [-0.39, 0.29) is 5.91 Å². The molecule has 22 heavy (non-hydrogen) atoms. The Balaban J connectivity index is 1.63. The molecule has 0 radical (unpaired) electrons.